The molecule has 0 atom stereocenters. The van der Waals surface area contributed by atoms with Crippen molar-refractivity contribution in [2.45, 2.75) is 20.4 Å². The maximum Gasteiger partial charge on any atom is 0.341 e. The zero-order valence-electron chi connectivity index (χ0n) is 11.9. The standard InChI is InChI=1S/C15H15F2NO3/c1-8-4-13(17)14(6-12(8)16)18-7-10-5-11(9(2)21-10)15(19)20-3/h4-6,18H,7H2,1-3H3. The molecule has 1 aromatic carbocycles. The quantitative estimate of drug-likeness (QED) is 0.876. The summed E-state index contributed by atoms with van der Waals surface area (Å²) in [6.07, 6.45) is 0. The van der Waals surface area contributed by atoms with Gasteiger partial charge in [0.1, 0.15) is 28.7 Å². The lowest BCUT2D eigenvalue weighted by Gasteiger charge is -2.07. The van der Waals surface area contributed by atoms with Crippen LogP contribution in [0.3, 0.4) is 0 Å². The van der Waals surface area contributed by atoms with Gasteiger partial charge in [0, 0.05) is 6.07 Å². The van der Waals surface area contributed by atoms with Crippen molar-refractivity contribution in [3.05, 3.63) is 52.5 Å². The number of hydrogen-bond donors (Lipinski definition) is 1. The molecule has 0 spiro atoms. The van der Waals surface area contributed by atoms with Crippen LogP contribution in [0.15, 0.2) is 22.6 Å². The van der Waals surface area contributed by atoms with E-state index in [2.05, 4.69) is 10.1 Å². The van der Waals surface area contributed by atoms with Crippen molar-refractivity contribution >= 4 is 11.7 Å². The van der Waals surface area contributed by atoms with Crippen LogP contribution in [0.4, 0.5) is 14.5 Å². The minimum absolute atomic E-state index is 0.0340. The van der Waals surface area contributed by atoms with E-state index >= 15 is 0 Å². The van der Waals surface area contributed by atoms with Crippen molar-refractivity contribution in [2.75, 3.05) is 12.4 Å². The fraction of sp³-hybridized carbons (Fsp3) is 0.267. The summed E-state index contributed by atoms with van der Waals surface area (Å²) in [5.74, 6) is -0.715. The van der Waals surface area contributed by atoms with Crippen molar-refractivity contribution in [1.82, 2.24) is 0 Å². The van der Waals surface area contributed by atoms with Crippen LogP contribution in [0.2, 0.25) is 0 Å². The Labute approximate surface area is 120 Å². The van der Waals surface area contributed by atoms with E-state index in [1.165, 1.54) is 20.1 Å². The van der Waals surface area contributed by atoms with Gasteiger partial charge in [-0.25, -0.2) is 13.6 Å². The molecule has 6 heteroatoms. The van der Waals surface area contributed by atoms with Crippen LogP contribution in [-0.4, -0.2) is 13.1 Å². The number of aryl methyl sites for hydroxylation is 2. The number of anilines is 1. The van der Waals surface area contributed by atoms with E-state index in [4.69, 9.17) is 4.42 Å². The minimum Gasteiger partial charge on any atom is -0.465 e. The Bertz CT molecular complexity index is 680. The van der Waals surface area contributed by atoms with E-state index in [0.29, 0.717) is 17.1 Å². The molecule has 0 unspecified atom stereocenters. The van der Waals surface area contributed by atoms with Crippen LogP contribution in [-0.2, 0) is 11.3 Å². The number of methoxy groups -OCH3 is 1. The summed E-state index contributed by atoms with van der Waals surface area (Å²) in [5.41, 5.74) is 0.580. The van der Waals surface area contributed by atoms with Gasteiger partial charge >= 0.3 is 5.97 Å². The Morgan fingerprint density at radius 1 is 1.24 bits per heavy atom. The fourth-order valence-corrected chi connectivity index (χ4v) is 1.91. The molecule has 1 N–H and O–H groups in total. The first-order valence-electron chi connectivity index (χ1n) is 6.29. The lowest BCUT2D eigenvalue weighted by atomic mass is 10.2. The number of carbonyl (C=O) groups is 1. The minimum atomic E-state index is -0.551. The molecule has 4 nitrogen and oxygen atoms in total. The second-order valence-electron chi connectivity index (χ2n) is 4.61. The number of benzene rings is 1. The molecule has 0 bridgehead atoms. The highest BCUT2D eigenvalue weighted by Gasteiger charge is 2.15. The number of hydrogen-bond acceptors (Lipinski definition) is 4. The van der Waals surface area contributed by atoms with E-state index < -0.39 is 17.6 Å². The molecular formula is C15H15F2NO3. The number of nitrogens with one attached hydrogen (secondary N) is 1. The van der Waals surface area contributed by atoms with Crippen molar-refractivity contribution < 1.29 is 22.7 Å². The lowest BCUT2D eigenvalue weighted by Crippen LogP contribution is -2.02. The first kappa shape index (κ1) is 15.0. The molecule has 2 aromatic rings. The van der Waals surface area contributed by atoms with Crippen LogP contribution >= 0.6 is 0 Å². The normalized spacial score (nSPS) is 10.5. The Morgan fingerprint density at radius 2 is 1.95 bits per heavy atom. The molecule has 0 saturated heterocycles. The average Bonchev–Trinajstić information content (AvgIpc) is 2.81. The van der Waals surface area contributed by atoms with Crippen molar-refractivity contribution in [2.24, 2.45) is 0 Å². The van der Waals surface area contributed by atoms with Gasteiger partial charge in [0.15, 0.2) is 0 Å². The molecule has 0 aliphatic carbocycles. The van der Waals surface area contributed by atoms with Gasteiger partial charge in [0.05, 0.1) is 19.3 Å². The average molecular weight is 295 g/mol. The second-order valence-corrected chi connectivity index (χ2v) is 4.61. The molecule has 0 amide bonds. The van der Waals surface area contributed by atoms with Crippen molar-refractivity contribution in [3.63, 3.8) is 0 Å². The third-order valence-electron chi connectivity index (χ3n) is 3.08. The highest BCUT2D eigenvalue weighted by atomic mass is 19.1. The Kier molecular flexibility index (Phi) is 4.26. The topological polar surface area (TPSA) is 51.5 Å². The largest absolute Gasteiger partial charge is 0.465 e. The Hall–Kier alpha value is -2.37. The molecule has 0 aliphatic rings. The van der Waals surface area contributed by atoms with Gasteiger partial charge in [-0.15, -0.1) is 0 Å². The smallest absolute Gasteiger partial charge is 0.341 e. The molecule has 1 aromatic heterocycles. The van der Waals surface area contributed by atoms with Crippen LogP contribution in [0.5, 0.6) is 0 Å². The lowest BCUT2D eigenvalue weighted by molar-refractivity contribution is 0.0599. The predicted molar refractivity (Wildman–Crippen MR) is 73.2 cm³/mol. The molecule has 2 rings (SSSR count). The van der Waals surface area contributed by atoms with Crippen LogP contribution in [0, 0.1) is 25.5 Å². The van der Waals surface area contributed by atoms with E-state index in [1.807, 2.05) is 0 Å². The zero-order chi connectivity index (χ0) is 15.6. The number of rotatable bonds is 4. The summed E-state index contributed by atoms with van der Waals surface area (Å²) < 4.78 is 37.1. The summed E-state index contributed by atoms with van der Waals surface area (Å²) in [4.78, 5) is 11.4. The summed E-state index contributed by atoms with van der Waals surface area (Å²) in [7, 11) is 1.27. The highest BCUT2D eigenvalue weighted by Crippen LogP contribution is 2.21. The highest BCUT2D eigenvalue weighted by molar-refractivity contribution is 5.90. The number of esters is 1. The van der Waals surface area contributed by atoms with E-state index in [-0.39, 0.29) is 17.8 Å². The van der Waals surface area contributed by atoms with E-state index in [0.717, 1.165) is 12.1 Å². The summed E-state index contributed by atoms with van der Waals surface area (Å²) >= 11 is 0. The Morgan fingerprint density at radius 3 is 2.62 bits per heavy atom. The molecular weight excluding hydrogens is 280 g/mol. The third kappa shape index (κ3) is 3.21. The van der Waals surface area contributed by atoms with Crippen LogP contribution in [0.1, 0.15) is 27.4 Å². The molecule has 112 valence electrons. The number of ether oxygens (including phenoxy) is 1. The summed E-state index contributed by atoms with van der Waals surface area (Å²) in [6.45, 7) is 3.24. The molecule has 0 radical (unpaired) electrons. The van der Waals surface area contributed by atoms with Gasteiger partial charge in [0.2, 0.25) is 0 Å². The third-order valence-corrected chi connectivity index (χ3v) is 3.08. The predicted octanol–water partition coefficient (Wildman–Crippen LogP) is 3.57. The first-order chi connectivity index (χ1) is 9.92. The maximum absolute atomic E-state index is 13.7. The van der Waals surface area contributed by atoms with Crippen LogP contribution in [0.25, 0.3) is 0 Å². The molecule has 21 heavy (non-hydrogen) atoms. The van der Waals surface area contributed by atoms with E-state index in [9.17, 15) is 13.6 Å². The SMILES string of the molecule is COC(=O)c1cc(CNc2cc(F)c(C)cc2F)oc1C. The number of carbonyl (C=O) groups excluding carboxylic acids is 1. The second kappa shape index (κ2) is 5.95. The molecule has 0 fully saturated rings. The zero-order valence-corrected chi connectivity index (χ0v) is 11.9. The van der Waals surface area contributed by atoms with E-state index in [1.54, 1.807) is 6.92 Å². The van der Waals surface area contributed by atoms with Gasteiger partial charge < -0.3 is 14.5 Å². The van der Waals surface area contributed by atoms with Crippen molar-refractivity contribution in [1.29, 1.82) is 0 Å². The van der Waals surface area contributed by atoms with Gasteiger partial charge in [-0.2, -0.15) is 0 Å². The molecule has 0 saturated carbocycles. The monoisotopic (exact) mass is 295 g/mol. The van der Waals surface area contributed by atoms with Gasteiger partial charge in [-0.1, -0.05) is 0 Å². The number of furan rings is 1. The fourth-order valence-electron chi connectivity index (χ4n) is 1.91. The van der Waals surface area contributed by atoms with Crippen molar-refractivity contribution in [3.8, 4) is 0 Å². The summed E-state index contributed by atoms with van der Waals surface area (Å²) in [5, 5.41) is 2.73. The van der Waals surface area contributed by atoms with Gasteiger partial charge in [-0.05, 0) is 31.5 Å². The Balaban J connectivity index is 2.14. The summed E-state index contributed by atoms with van der Waals surface area (Å²) in [6, 6.07) is 3.71. The molecule has 0 aliphatic heterocycles. The van der Waals surface area contributed by atoms with Crippen LogP contribution < -0.4 is 5.32 Å². The first-order valence-corrected chi connectivity index (χ1v) is 6.29. The maximum atomic E-state index is 13.7. The molecule has 1 heterocycles. The van der Waals surface area contributed by atoms with Gasteiger partial charge in [0.25, 0.3) is 0 Å². The van der Waals surface area contributed by atoms with Gasteiger partial charge in [-0.3, -0.25) is 0 Å². The number of halogens is 2.